The van der Waals surface area contributed by atoms with Crippen LogP contribution in [0.15, 0.2) is 164 Å². The second-order valence-electron chi connectivity index (χ2n) is 10.4. The van der Waals surface area contributed by atoms with Crippen LogP contribution in [0.5, 0.6) is 5.75 Å². The third-order valence-electron chi connectivity index (χ3n) is 7.72. The van der Waals surface area contributed by atoms with E-state index in [-0.39, 0.29) is 5.16 Å². The number of aromatic nitrogens is 2. The van der Waals surface area contributed by atoms with E-state index in [9.17, 15) is 0 Å². The van der Waals surface area contributed by atoms with Crippen LogP contribution in [0, 0.1) is 0 Å². The van der Waals surface area contributed by atoms with Crippen molar-refractivity contribution in [2.24, 2.45) is 0 Å². The number of hydrogen-bond donors (Lipinski definition) is 0. The SMILES string of the molecule is BC(c1ccccc1)c1ccccc1.CCOc1cccc([SiH2]C(c2ccccc2)(c2ccccc2)n2ccnc2)c1. The summed E-state index contributed by atoms with van der Waals surface area (Å²) in [6, 6.07) is 51.3. The Labute approximate surface area is 253 Å². The molecular weight excluding hydrogens is 527 g/mol. The Hall–Kier alpha value is -4.61. The lowest BCUT2D eigenvalue weighted by molar-refractivity contribution is 0.340. The first-order valence-corrected chi connectivity index (χ1v) is 16.0. The molecular formula is C37H37BN2OSi. The van der Waals surface area contributed by atoms with Gasteiger partial charge in [0, 0.05) is 12.4 Å². The van der Waals surface area contributed by atoms with Crippen LogP contribution in [0.1, 0.15) is 35.0 Å². The van der Waals surface area contributed by atoms with Crippen LogP contribution in [-0.2, 0) is 5.16 Å². The fraction of sp³-hybridized carbons (Fsp3) is 0.108. The molecule has 5 aromatic carbocycles. The number of ether oxygens (including phenoxy) is 1. The summed E-state index contributed by atoms with van der Waals surface area (Å²) in [6.07, 6.45) is 5.89. The van der Waals surface area contributed by atoms with E-state index >= 15 is 0 Å². The van der Waals surface area contributed by atoms with E-state index in [1.807, 2.05) is 25.5 Å². The van der Waals surface area contributed by atoms with Crippen molar-refractivity contribution in [3.05, 3.63) is 187 Å². The highest BCUT2D eigenvalue weighted by Gasteiger charge is 2.36. The van der Waals surface area contributed by atoms with Gasteiger partial charge in [-0.3, -0.25) is 0 Å². The Morgan fingerprint density at radius 1 is 0.714 bits per heavy atom. The van der Waals surface area contributed by atoms with E-state index in [2.05, 4.69) is 163 Å². The van der Waals surface area contributed by atoms with Crippen LogP contribution >= 0.6 is 0 Å². The number of hydrogen-bond acceptors (Lipinski definition) is 2. The van der Waals surface area contributed by atoms with Crippen LogP contribution in [-0.4, -0.2) is 33.5 Å². The van der Waals surface area contributed by atoms with Crippen molar-refractivity contribution in [1.29, 1.82) is 0 Å². The summed E-state index contributed by atoms with van der Waals surface area (Å²) in [5.41, 5.74) is 5.32. The zero-order valence-corrected chi connectivity index (χ0v) is 25.8. The molecule has 6 aromatic rings. The molecule has 0 aliphatic rings. The monoisotopic (exact) mass is 564 g/mol. The topological polar surface area (TPSA) is 27.1 Å². The Kier molecular flexibility index (Phi) is 9.86. The smallest absolute Gasteiger partial charge is 0.119 e. The van der Waals surface area contributed by atoms with Gasteiger partial charge in [0.2, 0.25) is 0 Å². The minimum Gasteiger partial charge on any atom is -0.494 e. The summed E-state index contributed by atoms with van der Waals surface area (Å²) in [6.45, 7) is 2.70. The maximum absolute atomic E-state index is 5.77. The Bertz CT molecular complexity index is 1530. The lowest BCUT2D eigenvalue weighted by atomic mass is 9.76. The highest BCUT2D eigenvalue weighted by molar-refractivity contribution is 6.57. The van der Waals surface area contributed by atoms with Crippen molar-refractivity contribution in [1.82, 2.24) is 9.55 Å². The van der Waals surface area contributed by atoms with E-state index < -0.39 is 9.52 Å². The Morgan fingerprint density at radius 3 is 1.71 bits per heavy atom. The molecule has 0 aliphatic heterocycles. The summed E-state index contributed by atoms with van der Waals surface area (Å²) in [4.78, 5) is 4.39. The second kappa shape index (κ2) is 14.3. The van der Waals surface area contributed by atoms with Gasteiger partial charge in [-0.1, -0.05) is 139 Å². The van der Waals surface area contributed by atoms with Gasteiger partial charge in [0.25, 0.3) is 0 Å². The van der Waals surface area contributed by atoms with Gasteiger partial charge in [-0.25, -0.2) is 4.98 Å². The molecule has 0 bridgehead atoms. The molecule has 6 rings (SSSR count). The van der Waals surface area contributed by atoms with Crippen LogP contribution in [0.2, 0.25) is 0 Å². The molecule has 5 heteroatoms. The molecule has 0 atom stereocenters. The molecule has 0 saturated heterocycles. The minimum atomic E-state index is -0.865. The van der Waals surface area contributed by atoms with E-state index in [0.29, 0.717) is 12.4 Å². The molecule has 0 amide bonds. The summed E-state index contributed by atoms with van der Waals surface area (Å²) in [5.74, 6) is 1.42. The molecule has 42 heavy (non-hydrogen) atoms. The fourth-order valence-corrected chi connectivity index (χ4v) is 7.95. The van der Waals surface area contributed by atoms with Gasteiger partial charge < -0.3 is 9.30 Å². The quantitative estimate of drug-likeness (QED) is 0.204. The largest absolute Gasteiger partial charge is 0.494 e. The van der Waals surface area contributed by atoms with Crippen LogP contribution in [0.4, 0.5) is 0 Å². The van der Waals surface area contributed by atoms with Crippen molar-refractivity contribution in [3.8, 4) is 5.75 Å². The van der Waals surface area contributed by atoms with Crippen molar-refractivity contribution >= 4 is 22.6 Å². The maximum Gasteiger partial charge on any atom is 0.119 e. The highest BCUT2D eigenvalue weighted by atomic mass is 28.2. The van der Waals surface area contributed by atoms with Crippen molar-refractivity contribution in [2.75, 3.05) is 6.61 Å². The van der Waals surface area contributed by atoms with E-state index in [1.165, 1.54) is 27.4 Å². The van der Waals surface area contributed by atoms with Crippen molar-refractivity contribution < 1.29 is 4.74 Å². The average Bonchev–Trinajstić information content (AvgIpc) is 3.61. The average molecular weight is 565 g/mol. The van der Waals surface area contributed by atoms with Crippen LogP contribution in [0.25, 0.3) is 0 Å². The first-order chi connectivity index (χ1) is 20.7. The highest BCUT2D eigenvalue weighted by Crippen LogP contribution is 2.33. The molecule has 0 spiro atoms. The molecule has 208 valence electrons. The molecule has 0 radical (unpaired) electrons. The summed E-state index contributed by atoms with van der Waals surface area (Å²) in [7, 11) is 1.38. The molecule has 0 saturated carbocycles. The molecule has 1 heterocycles. The van der Waals surface area contributed by atoms with Gasteiger partial charge in [0.05, 0.1) is 27.6 Å². The third kappa shape index (κ3) is 6.81. The zero-order valence-electron chi connectivity index (χ0n) is 24.4. The van der Waals surface area contributed by atoms with Crippen molar-refractivity contribution in [2.45, 2.75) is 17.9 Å². The third-order valence-corrected chi connectivity index (χ3v) is 10.3. The van der Waals surface area contributed by atoms with Crippen LogP contribution in [0.3, 0.4) is 0 Å². The first kappa shape index (κ1) is 28.9. The molecule has 3 nitrogen and oxygen atoms in total. The van der Waals surface area contributed by atoms with Gasteiger partial charge in [-0.05, 0) is 47.1 Å². The molecule has 0 aliphatic carbocycles. The van der Waals surface area contributed by atoms with E-state index in [4.69, 9.17) is 4.74 Å². The molecule has 0 fully saturated rings. The second-order valence-corrected chi connectivity index (χ2v) is 12.6. The molecule has 1 aromatic heterocycles. The number of rotatable bonds is 9. The standard InChI is InChI=1S/C24H24N2OSi.C13H13B/c1-2-27-22-14-9-15-23(18-22)28-24(26-17-16-25-19-26,20-10-5-3-6-11-20)21-12-7-4-8-13-21;14-13(11-7-3-1-4-8-11)12-9-5-2-6-10-12/h3-19H,2,28H2,1H3;1-10,13H,14H2. The van der Waals surface area contributed by atoms with Gasteiger partial charge in [-0.15, -0.1) is 0 Å². The van der Waals surface area contributed by atoms with Gasteiger partial charge >= 0.3 is 0 Å². The van der Waals surface area contributed by atoms with Gasteiger partial charge in [0.15, 0.2) is 0 Å². The number of nitrogens with zero attached hydrogens (tertiary/aromatic N) is 2. The number of benzene rings is 5. The zero-order chi connectivity index (χ0) is 29.0. The maximum atomic E-state index is 5.77. The summed E-state index contributed by atoms with van der Waals surface area (Å²) >= 11 is 0. The van der Waals surface area contributed by atoms with E-state index in [0.717, 1.165) is 5.75 Å². The van der Waals surface area contributed by atoms with Gasteiger partial charge in [0.1, 0.15) is 13.6 Å². The summed E-state index contributed by atoms with van der Waals surface area (Å²) in [5, 5.41) is 1.09. The Balaban J connectivity index is 0.000000211. The minimum absolute atomic E-state index is 0.260. The van der Waals surface area contributed by atoms with Crippen molar-refractivity contribution in [3.63, 3.8) is 0 Å². The van der Waals surface area contributed by atoms with Gasteiger partial charge in [-0.2, -0.15) is 0 Å². The normalized spacial score (nSPS) is 11.3. The van der Waals surface area contributed by atoms with E-state index in [1.54, 1.807) is 0 Å². The lowest BCUT2D eigenvalue weighted by Gasteiger charge is -2.37. The predicted molar refractivity (Wildman–Crippen MR) is 180 cm³/mol. The Morgan fingerprint density at radius 2 is 1.24 bits per heavy atom. The predicted octanol–water partition coefficient (Wildman–Crippen LogP) is 5.93. The first-order valence-electron chi connectivity index (χ1n) is 14.6. The fourth-order valence-electron chi connectivity index (χ4n) is 5.56. The lowest BCUT2D eigenvalue weighted by Crippen LogP contribution is -2.46. The van der Waals surface area contributed by atoms with Crippen LogP contribution < -0.4 is 9.92 Å². The molecule has 0 N–H and O–H groups in total. The number of imidazole rings is 1. The summed E-state index contributed by atoms with van der Waals surface area (Å²) < 4.78 is 8.04. The molecule has 0 unspecified atom stereocenters.